The van der Waals surface area contributed by atoms with E-state index in [1.54, 1.807) is 24.3 Å². The summed E-state index contributed by atoms with van der Waals surface area (Å²) >= 11 is 5.84. The number of aromatic nitrogens is 2. The fourth-order valence-electron chi connectivity index (χ4n) is 5.50. The molecule has 2 heterocycles. The summed E-state index contributed by atoms with van der Waals surface area (Å²) in [7, 11) is 0. The zero-order valence-electron chi connectivity index (χ0n) is 22.5. The third kappa shape index (κ3) is 6.63. The van der Waals surface area contributed by atoms with E-state index in [9.17, 15) is 22.8 Å². The van der Waals surface area contributed by atoms with E-state index >= 15 is 0 Å². The number of carbonyl (C=O) groups excluding carboxylic acids is 1. The van der Waals surface area contributed by atoms with Gasteiger partial charge in [-0.15, -0.1) is 0 Å². The molecule has 0 atom stereocenters. The van der Waals surface area contributed by atoms with E-state index in [4.69, 9.17) is 11.6 Å². The third-order valence-corrected chi connectivity index (χ3v) is 7.85. The smallest absolute Gasteiger partial charge is 0.326 e. The van der Waals surface area contributed by atoms with Crippen LogP contribution in [0.3, 0.4) is 0 Å². The normalized spacial score (nSPS) is 14.9. The number of piperidine rings is 1. The number of likely N-dealkylation sites (tertiary alicyclic amines) is 1. The molecule has 1 aliphatic rings. The van der Waals surface area contributed by atoms with E-state index in [1.165, 1.54) is 29.3 Å². The Morgan fingerprint density at radius 3 is 2.44 bits per heavy atom. The van der Waals surface area contributed by atoms with Crippen LogP contribution in [-0.2, 0) is 17.5 Å². The number of anilines is 1. The molecule has 10 heteroatoms. The summed E-state index contributed by atoms with van der Waals surface area (Å²) in [5, 5.41) is 7.89. The lowest BCUT2D eigenvalue weighted by atomic mass is 9.89. The van der Waals surface area contributed by atoms with E-state index < -0.39 is 11.7 Å². The second-order valence-electron chi connectivity index (χ2n) is 10.4. The Hall–Kier alpha value is -3.69. The van der Waals surface area contributed by atoms with Crippen molar-refractivity contribution < 1.29 is 18.0 Å². The van der Waals surface area contributed by atoms with Crippen LogP contribution in [0.1, 0.15) is 43.2 Å². The fraction of sp³-hybridized carbons (Fsp3) is 0.323. The minimum atomic E-state index is -4.61. The highest BCUT2D eigenvalue weighted by atomic mass is 35.5. The minimum Gasteiger partial charge on any atom is -0.326 e. The van der Waals surface area contributed by atoms with Crippen LogP contribution in [0, 0.1) is 0 Å². The third-order valence-electron chi connectivity index (χ3n) is 7.52. The maximum absolute atomic E-state index is 13.5. The summed E-state index contributed by atoms with van der Waals surface area (Å²) < 4.78 is 42.0. The van der Waals surface area contributed by atoms with Gasteiger partial charge >= 0.3 is 6.18 Å². The van der Waals surface area contributed by atoms with Crippen molar-refractivity contribution in [1.82, 2.24) is 14.7 Å². The Morgan fingerprint density at radius 2 is 1.73 bits per heavy atom. The zero-order valence-corrected chi connectivity index (χ0v) is 23.3. The topological polar surface area (TPSA) is 67.2 Å². The van der Waals surface area contributed by atoms with E-state index in [2.05, 4.69) is 21.4 Å². The molecule has 0 spiro atoms. The van der Waals surface area contributed by atoms with Gasteiger partial charge in [0.2, 0.25) is 5.91 Å². The van der Waals surface area contributed by atoms with Gasteiger partial charge in [-0.2, -0.15) is 18.3 Å². The lowest BCUT2D eigenvalue weighted by Crippen LogP contribution is -2.34. The van der Waals surface area contributed by atoms with E-state index in [-0.39, 0.29) is 22.1 Å². The first kappa shape index (κ1) is 28.8. The van der Waals surface area contributed by atoms with Crippen LogP contribution >= 0.6 is 11.6 Å². The second-order valence-corrected chi connectivity index (χ2v) is 10.8. The molecule has 5 rings (SSSR count). The highest BCUT2D eigenvalue weighted by Crippen LogP contribution is 2.38. The van der Waals surface area contributed by atoms with E-state index in [0.29, 0.717) is 35.3 Å². The summed E-state index contributed by atoms with van der Waals surface area (Å²) in [4.78, 5) is 27.0. The summed E-state index contributed by atoms with van der Waals surface area (Å²) in [6.45, 7) is 4.43. The molecule has 0 aliphatic carbocycles. The maximum Gasteiger partial charge on any atom is 0.417 e. The Labute approximate surface area is 240 Å². The Balaban J connectivity index is 1.28. The van der Waals surface area contributed by atoms with Crippen LogP contribution in [0.5, 0.6) is 0 Å². The molecule has 0 saturated carbocycles. The first-order valence-corrected chi connectivity index (χ1v) is 13.9. The number of rotatable bonds is 7. The lowest BCUT2D eigenvalue weighted by molar-refractivity contribution is -0.137. The molecular weight excluding hydrogens is 553 g/mol. The summed E-state index contributed by atoms with van der Waals surface area (Å²) in [6, 6.07) is 18.5. The molecule has 3 aromatic carbocycles. The molecule has 41 heavy (non-hydrogen) atoms. The predicted molar refractivity (Wildman–Crippen MR) is 155 cm³/mol. The number of nitrogens with zero attached hydrogens (tertiary/aromatic N) is 3. The van der Waals surface area contributed by atoms with Crippen LogP contribution in [0.15, 0.2) is 71.5 Å². The van der Waals surface area contributed by atoms with Crippen molar-refractivity contribution in [3.8, 4) is 11.3 Å². The van der Waals surface area contributed by atoms with Crippen LogP contribution in [0.4, 0.5) is 18.9 Å². The van der Waals surface area contributed by atoms with Gasteiger partial charge in [-0.1, -0.05) is 48.0 Å². The quantitative estimate of drug-likeness (QED) is 0.256. The van der Waals surface area contributed by atoms with Gasteiger partial charge in [-0.05, 0) is 80.7 Å². The molecular formula is C31H30ClF3N4O2. The zero-order chi connectivity index (χ0) is 29.1. The van der Waals surface area contributed by atoms with Crippen molar-refractivity contribution in [2.24, 2.45) is 0 Å². The number of aryl methyl sites for hydroxylation is 1. The summed E-state index contributed by atoms with van der Waals surface area (Å²) in [6.07, 6.45) is -1.97. The SMILES string of the molecule is CC(=O)Nc1cccc(C2CCN(CCCn3nc(-c4ccc(Cl)c(C(F)(F)F)c4)c4ccccc4c3=O)CC2)c1. The second kappa shape index (κ2) is 12.0. The van der Waals surface area contributed by atoms with E-state index in [0.717, 1.165) is 44.2 Å². The van der Waals surface area contributed by atoms with Crippen LogP contribution in [-0.4, -0.2) is 40.2 Å². The number of carbonyl (C=O) groups is 1. The van der Waals surface area contributed by atoms with Gasteiger partial charge < -0.3 is 10.2 Å². The minimum absolute atomic E-state index is 0.0941. The monoisotopic (exact) mass is 582 g/mol. The average Bonchev–Trinajstić information content (AvgIpc) is 2.94. The molecule has 0 radical (unpaired) electrons. The lowest BCUT2D eigenvalue weighted by Gasteiger charge is -2.32. The van der Waals surface area contributed by atoms with Gasteiger partial charge in [0.25, 0.3) is 5.56 Å². The van der Waals surface area contributed by atoms with Crippen molar-refractivity contribution >= 4 is 34.0 Å². The van der Waals surface area contributed by atoms with Crippen molar-refractivity contribution in [2.75, 3.05) is 25.0 Å². The molecule has 0 unspecified atom stereocenters. The number of fused-ring (bicyclic) bond motifs is 1. The molecule has 1 amide bonds. The van der Waals surface area contributed by atoms with Crippen molar-refractivity contribution in [3.05, 3.63) is 93.2 Å². The van der Waals surface area contributed by atoms with Crippen LogP contribution in [0.25, 0.3) is 22.0 Å². The number of hydrogen-bond acceptors (Lipinski definition) is 4. The molecule has 0 bridgehead atoms. The first-order valence-electron chi connectivity index (χ1n) is 13.6. The largest absolute Gasteiger partial charge is 0.417 e. The van der Waals surface area contributed by atoms with Crippen molar-refractivity contribution in [2.45, 2.75) is 44.8 Å². The van der Waals surface area contributed by atoms with Crippen LogP contribution in [0.2, 0.25) is 5.02 Å². The maximum atomic E-state index is 13.5. The van der Waals surface area contributed by atoms with Gasteiger partial charge in [0.1, 0.15) is 0 Å². The first-order chi connectivity index (χ1) is 19.6. The number of benzene rings is 3. The van der Waals surface area contributed by atoms with Gasteiger partial charge in [0.05, 0.1) is 21.7 Å². The number of halogens is 4. The predicted octanol–water partition coefficient (Wildman–Crippen LogP) is 6.96. The van der Waals surface area contributed by atoms with Gasteiger partial charge in [0, 0.05) is 30.1 Å². The summed E-state index contributed by atoms with van der Waals surface area (Å²) in [5.41, 5.74) is 1.36. The average molecular weight is 583 g/mol. The number of nitrogens with one attached hydrogen (secondary N) is 1. The molecule has 214 valence electrons. The summed E-state index contributed by atoms with van der Waals surface area (Å²) in [5.74, 6) is 0.316. The van der Waals surface area contributed by atoms with Crippen molar-refractivity contribution in [3.63, 3.8) is 0 Å². The Bertz CT molecular complexity index is 1630. The van der Waals surface area contributed by atoms with Crippen LogP contribution < -0.4 is 10.9 Å². The standard InChI is InChI=1S/C31H30ClF3N4O2/c1-20(40)36-24-7-4-6-22(18-24)21-12-16-38(17-13-21)14-5-15-39-30(41)26-9-3-2-8-25(26)29(37-39)23-10-11-28(32)27(19-23)31(33,34)35/h2-4,6-11,18-19,21H,5,12-17H2,1H3,(H,36,40). The number of amides is 1. The molecule has 1 aliphatic heterocycles. The number of alkyl halides is 3. The Kier molecular flexibility index (Phi) is 8.47. The highest BCUT2D eigenvalue weighted by Gasteiger charge is 2.33. The molecule has 1 fully saturated rings. The van der Waals surface area contributed by atoms with Crippen molar-refractivity contribution in [1.29, 1.82) is 0 Å². The molecule has 1 N–H and O–H groups in total. The van der Waals surface area contributed by atoms with Gasteiger partial charge in [-0.25, -0.2) is 4.68 Å². The molecule has 6 nitrogen and oxygen atoms in total. The highest BCUT2D eigenvalue weighted by molar-refractivity contribution is 6.31. The number of hydrogen-bond donors (Lipinski definition) is 1. The fourth-order valence-corrected chi connectivity index (χ4v) is 5.72. The molecule has 4 aromatic rings. The van der Waals surface area contributed by atoms with Gasteiger partial charge in [-0.3, -0.25) is 9.59 Å². The Morgan fingerprint density at radius 1 is 1.00 bits per heavy atom. The molecule has 1 aromatic heterocycles. The van der Waals surface area contributed by atoms with Gasteiger partial charge in [0.15, 0.2) is 0 Å². The molecule has 1 saturated heterocycles. The van der Waals surface area contributed by atoms with E-state index in [1.807, 2.05) is 18.2 Å².